The number of nitrogens with zero attached hydrogens (tertiary/aromatic N) is 1. The second kappa shape index (κ2) is 8.03. The SMILES string of the molecule is C=NC(=O)C(NNC(=O)c1ccccc1OC)c1ccccc1C. The van der Waals surface area contributed by atoms with Gasteiger partial charge in [-0.05, 0) is 36.9 Å². The number of methoxy groups -OCH3 is 1. The Morgan fingerprint density at radius 1 is 1.12 bits per heavy atom. The molecule has 0 aliphatic heterocycles. The number of carbonyl (C=O) groups excluding carboxylic acids is 2. The summed E-state index contributed by atoms with van der Waals surface area (Å²) in [7, 11) is 1.49. The van der Waals surface area contributed by atoms with Crippen molar-refractivity contribution in [2.75, 3.05) is 7.11 Å². The molecule has 6 heteroatoms. The third-order valence-electron chi connectivity index (χ3n) is 3.58. The summed E-state index contributed by atoms with van der Waals surface area (Å²) in [6.45, 7) is 5.15. The van der Waals surface area contributed by atoms with Crippen molar-refractivity contribution < 1.29 is 14.3 Å². The number of hydrazine groups is 1. The summed E-state index contributed by atoms with van der Waals surface area (Å²) in [4.78, 5) is 27.9. The number of benzene rings is 2. The predicted molar refractivity (Wildman–Crippen MR) is 92.1 cm³/mol. The Kier molecular flexibility index (Phi) is 5.81. The van der Waals surface area contributed by atoms with E-state index in [1.165, 1.54) is 7.11 Å². The quantitative estimate of drug-likeness (QED) is 0.630. The highest BCUT2D eigenvalue weighted by Gasteiger charge is 2.22. The van der Waals surface area contributed by atoms with Crippen molar-refractivity contribution in [3.63, 3.8) is 0 Å². The van der Waals surface area contributed by atoms with Crippen LogP contribution >= 0.6 is 0 Å². The number of amides is 2. The van der Waals surface area contributed by atoms with Crippen LogP contribution in [0.2, 0.25) is 0 Å². The van der Waals surface area contributed by atoms with E-state index in [-0.39, 0.29) is 0 Å². The lowest BCUT2D eigenvalue weighted by atomic mass is 10.0. The molecule has 0 aromatic heterocycles. The summed E-state index contributed by atoms with van der Waals surface area (Å²) < 4.78 is 5.16. The van der Waals surface area contributed by atoms with E-state index in [1.54, 1.807) is 30.3 Å². The minimum absolute atomic E-state index is 0.357. The normalized spacial score (nSPS) is 11.4. The molecule has 0 spiro atoms. The van der Waals surface area contributed by atoms with Gasteiger partial charge in [0.2, 0.25) is 0 Å². The molecule has 1 unspecified atom stereocenters. The molecule has 24 heavy (non-hydrogen) atoms. The molecule has 2 amide bonds. The molecule has 6 nitrogen and oxygen atoms in total. The number of para-hydroxylation sites is 1. The van der Waals surface area contributed by atoms with Gasteiger partial charge in [-0.2, -0.15) is 0 Å². The number of aliphatic imine (C=N–C) groups is 1. The van der Waals surface area contributed by atoms with E-state index < -0.39 is 17.9 Å². The Balaban J connectivity index is 2.19. The zero-order valence-corrected chi connectivity index (χ0v) is 13.6. The molecule has 0 saturated heterocycles. The predicted octanol–water partition coefficient (Wildman–Crippen LogP) is 2.21. The second-order valence-electron chi connectivity index (χ2n) is 5.08. The van der Waals surface area contributed by atoms with E-state index in [4.69, 9.17) is 4.74 Å². The molecule has 0 aliphatic rings. The molecule has 0 heterocycles. The summed E-state index contributed by atoms with van der Waals surface area (Å²) in [5, 5.41) is 0. The average Bonchev–Trinajstić information content (AvgIpc) is 2.62. The molecular formula is C18H19N3O3. The Morgan fingerprint density at radius 3 is 2.46 bits per heavy atom. The maximum absolute atomic E-state index is 12.3. The van der Waals surface area contributed by atoms with Gasteiger partial charge in [0.25, 0.3) is 11.8 Å². The van der Waals surface area contributed by atoms with Gasteiger partial charge in [-0.3, -0.25) is 15.0 Å². The lowest BCUT2D eigenvalue weighted by molar-refractivity contribution is -0.120. The summed E-state index contributed by atoms with van der Waals surface area (Å²) in [6, 6.07) is 13.4. The number of rotatable bonds is 6. The molecule has 2 rings (SSSR count). The van der Waals surface area contributed by atoms with Crippen LogP contribution in [0.1, 0.15) is 27.5 Å². The molecule has 124 valence electrons. The van der Waals surface area contributed by atoms with Gasteiger partial charge in [0.1, 0.15) is 11.8 Å². The monoisotopic (exact) mass is 325 g/mol. The number of aryl methyl sites for hydroxylation is 1. The second-order valence-corrected chi connectivity index (χ2v) is 5.08. The summed E-state index contributed by atoms with van der Waals surface area (Å²) in [5.41, 5.74) is 7.25. The van der Waals surface area contributed by atoms with Gasteiger partial charge >= 0.3 is 0 Å². The molecule has 0 radical (unpaired) electrons. The van der Waals surface area contributed by atoms with Crippen LogP contribution in [-0.4, -0.2) is 25.6 Å². The number of hydrogen-bond donors (Lipinski definition) is 2. The van der Waals surface area contributed by atoms with Crippen LogP contribution in [0, 0.1) is 6.92 Å². The van der Waals surface area contributed by atoms with E-state index in [2.05, 4.69) is 22.6 Å². The molecule has 1 atom stereocenters. The zero-order chi connectivity index (χ0) is 17.5. The Morgan fingerprint density at radius 2 is 1.79 bits per heavy atom. The van der Waals surface area contributed by atoms with Crippen molar-refractivity contribution >= 4 is 18.5 Å². The van der Waals surface area contributed by atoms with Crippen molar-refractivity contribution in [2.45, 2.75) is 13.0 Å². The van der Waals surface area contributed by atoms with Gasteiger partial charge in [-0.15, -0.1) is 0 Å². The van der Waals surface area contributed by atoms with E-state index >= 15 is 0 Å². The van der Waals surface area contributed by atoms with E-state index in [0.29, 0.717) is 11.3 Å². The summed E-state index contributed by atoms with van der Waals surface area (Å²) >= 11 is 0. The lowest BCUT2D eigenvalue weighted by Crippen LogP contribution is -2.43. The summed E-state index contributed by atoms with van der Waals surface area (Å²) in [5.74, 6) is -0.454. The fourth-order valence-electron chi connectivity index (χ4n) is 2.31. The van der Waals surface area contributed by atoms with Crippen molar-refractivity contribution in [3.8, 4) is 5.75 Å². The third-order valence-corrected chi connectivity index (χ3v) is 3.58. The standard InChI is InChI=1S/C18H19N3O3/c1-12-8-4-5-9-13(12)16(18(23)19-2)20-21-17(22)14-10-6-7-11-15(14)24-3/h4-11,16,20H,2H2,1,3H3,(H,21,22). The highest BCUT2D eigenvalue weighted by molar-refractivity contribution is 5.97. The van der Waals surface area contributed by atoms with Crippen LogP contribution in [0.15, 0.2) is 53.5 Å². The highest BCUT2D eigenvalue weighted by atomic mass is 16.5. The van der Waals surface area contributed by atoms with Crippen LogP contribution in [0.25, 0.3) is 0 Å². The molecule has 0 saturated carbocycles. The average molecular weight is 325 g/mol. The van der Waals surface area contributed by atoms with Crippen molar-refractivity contribution in [1.29, 1.82) is 0 Å². The van der Waals surface area contributed by atoms with Crippen LogP contribution in [0.3, 0.4) is 0 Å². The highest BCUT2D eigenvalue weighted by Crippen LogP contribution is 2.19. The molecule has 0 aliphatic carbocycles. The van der Waals surface area contributed by atoms with Crippen molar-refractivity contribution in [2.24, 2.45) is 4.99 Å². The molecule has 2 aromatic carbocycles. The Labute approximate surface area is 140 Å². The van der Waals surface area contributed by atoms with E-state index in [0.717, 1.165) is 11.1 Å². The molecule has 0 fully saturated rings. The van der Waals surface area contributed by atoms with Crippen molar-refractivity contribution in [1.82, 2.24) is 10.9 Å². The van der Waals surface area contributed by atoms with Crippen LogP contribution < -0.4 is 15.6 Å². The van der Waals surface area contributed by atoms with Gasteiger partial charge in [0.05, 0.1) is 12.7 Å². The summed E-state index contributed by atoms with van der Waals surface area (Å²) in [6.07, 6.45) is 0. The minimum atomic E-state index is -0.817. The Bertz CT molecular complexity index is 759. The maximum Gasteiger partial charge on any atom is 0.269 e. The van der Waals surface area contributed by atoms with Gasteiger partial charge in [-0.1, -0.05) is 36.4 Å². The Hall–Kier alpha value is -2.99. The van der Waals surface area contributed by atoms with Crippen molar-refractivity contribution in [3.05, 3.63) is 65.2 Å². The fourth-order valence-corrected chi connectivity index (χ4v) is 2.31. The number of carbonyl (C=O) groups is 2. The maximum atomic E-state index is 12.3. The van der Waals surface area contributed by atoms with Gasteiger partial charge < -0.3 is 4.74 Å². The van der Waals surface area contributed by atoms with Gasteiger partial charge in [-0.25, -0.2) is 10.4 Å². The number of nitrogens with one attached hydrogen (secondary N) is 2. The van der Waals surface area contributed by atoms with Gasteiger partial charge in [0.15, 0.2) is 0 Å². The smallest absolute Gasteiger partial charge is 0.269 e. The first-order valence-electron chi connectivity index (χ1n) is 7.33. The number of ether oxygens (including phenoxy) is 1. The molecule has 0 bridgehead atoms. The molecule has 2 aromatic rings. The number of hydrogen-bond acceptors (Lipinski definition) is 4. The van der Waals surface area contributed by atoms with Crippen LogP contribution in [0.4, 0.5) is 0 Å². The van der Waals surface area contributed by atoms with E-state index in [1.807, 2.05) is 25.1 Å². The van der Waals surface area contributed by atoms with Crippen LogP contribution in [-0.2, 0) is 4.79 Å². The third kappa shape index (κ3) is 3.85. The largest absolute Gasteiger partial charge is 0.496 e. The molecule has 2 N–H and O–H groups in total. The van der Waals surface area contributed by atoms with E-state index in [9.17, 15) is 9.59 Å². The molecular weight excluding hydrogens is 306 g/mol. The lowest BCUT2D eigenvalue weighted by Gasteiger charge is -2.18. The van der Waals surface area contributed by atoms with Crippen LogP contribution in [0.5, 0.6) is 5.75 Å². The zero-order valence-electron chi connectivity index (χ0n) is 13.6. The first-order chi connectivity index (χ1) is 11.6. The minimum Gasteiger partial charge on any atom is -0.496 e. The van der Waals surface area contributed by atoms with Gasteiger partial charge in [0, 0.05) is 0 Å². The first kappa shape index (κ1) is 17.4. The fraction of sp³-hybridized carbons (Fsp3) is 0.167. The first-order valence-corrected chi connectivity index (χ1v) is 7.33. The topological polar surface area (TPSA) is 79.8 Å².